The predicted octanol–water partition coefficient (Wildman–Crippen LogP) is 5.67. The number of benzene rings is 2. The minimum Gasteiger partial charge on any atom is -0.482 e. The number of hydrogen-bond donors (Lipinski definition) is 1. The molecule has 0 saturated heterocycles. The van der Waals surface area contributed by atoms with E-state index in [0.29, 0.717) is 5.75 Å². The van der Waals surface area contributed by atoms with E-state index in [1.54, 1.807) is 23.9 Å². The maximum Gasteiger partial charge on any atom is 0.416 e. The predicted molar refractivity (Wildman–Crippen MR) is 100 cm³/mol. The van der Waals surface area contributed by atoms with Crippen molar-refractivity contribution >= 4 is 23.8 Å². The van der Waals surface area contributed by atoms with Crippen molar-refractivity contribution in [1.82, 2.24) is 0 Å². The highest BCUT2D eigenvalue weighted by Crippen LogP contribution is 2.29. The van der Waals surface area contributed by atoms with Crippen molar-refractivity contribution < 1.29 is 27.8 Å². The molecule has 7 heteroatoms. The van der Waals surface area contributed by atoms with Crippen molar-refractivity contribution in [3.8, 4) is 5.75 Å². The van der Waals surface area contributed by atoms with Crippen LogP contribution < -0.4 is 4.74 Å². The lowest BCUT2D eigenvalue weighted by Gasteiger charge is -2.08. The number of aryl methyl sites for hydroxylation is 1. The average molecular weight is 396 g/mol. The highest BCUT2D eigenvalue weighted by atomic mass is 32.2. The molecule has 0 radical (unpaired) electrons. The SMILES string of the molecule is Cc1cc(SCC/C=C/c2ccc(C(F)(F)F)cc2)ccc1OCC(=O)O. The summed E-state index contributed by atoms with van der Waals surface area (Å²) in [4.78, 5) is 11.6. The number of carboxylic acids is 1. The number of ether oxygens (including phenoxy) is 1. The first-order valence-corrected chi connectivity index (χ1v) is 9.16. The first-order valence-electron chi connectivity index (χ1n) is 8.17. The molecule has 0 aliphatic heterocycles. The number of thioether (sulfide) groups is 1. The summed E-state index contributed by atoms with van der Waals surface area (Å²) in [5.41, 5.74) is 0.937. The maximum absolute atomic E-state index is 12.5. The lowest BCUT2D eigenvalue weighted by atomic mass is 10.1. The maximum atomic E-state index is 12.5. The molecule has 0 amide bonds. The zero-order chi connectivity index (χ0) is 19.9. The zero-order valence-electron chi connectivity index (χ0n) is 14.6. The summed E-state index contributed by atoms with van der Waals surface area (Å²) in [6.45, 7) is 1.48. The Morgan fingerprint density at radius 3 is 2.48 bits per heavy atom. The van der Waals surface area contributed by atoms with Crippen LogP contribution in [-0.2, 0) is 11.0 Å². The molecule has 0 aromatic heterocycles. The summed E-state index contributed by atoms with van der Waals surface area (Å²) in [5, 5.41) is 8.63. The number of carboxylic acid groups (broad SMARTS) is 1. The van der Waals surface area contributed by atoms with Gasteiger partial charge in [-0.05, 0) is 54.8 Å². The van der Waals surface area contributed by atoms with Crippen molar-refractivity contribution in [2.24, 2.45) is 0 Å². The molecule has 144 valence electrons. The molecule has 0 spiro atoms. The Bertz CT molecular complexity index is 799. The van der Waals surface area contributed by atoms with Gasteiger partial charge in [0.05, 0.1) is 5.56 Å². The molecule has 0 heterocycles. The third-order valence-electron chi connectivity index (χ3n) is 3.60. The van der Waals surface area contributed by atoms with Gasteiger partial charge in [0.25, 0.3) is 0 Å². The van der Waals surface area contributed by atoms with E-state index in [9.17, 15) is 18.0 Å². The summed E-state index contributed by atoms with van der Waals surface area (Å²) in [5.74, 6) is 0.336. The smallest absolute Gasteiger partial charge is 0.416 e. The summed E-state index contributed by atoms with van der Waals surface area (Å²) in [6.07, 6.45) is 0.175. The van der Waals surface area contributed by atoms with E-state index in [4.69, 9.17) is 9.84 Å². The molecule has 2 aromatic rings. The Labute approximate surface area is 159 Å². The second-order valence-corrected chi connectivity index (χ2v) is 6.94. The van der Waals surface area contributed by atoms with E-state index < -0.39 is 17.7 Å². The van der Waals surface area contributed by atoms with E-state index in [2.05, 4.69) is 0 Å². The molecular weight excluding hydrogens is 377 g/mol. The number of allylic oxidation sites excluding steroid dienone is 1. The largest absolute Gasteiger partial charge is 0.482 e. The second kappa shape index (κ2) is 9.50. The van der Waals surface area contributed by atoms with Crippen LogP contribution >= 0.6 is 11.8 Å². The molecule has 0 unspecified atom stereocenters. The van der Waals surface area contributed by atoms with Gasteiger partial charge in [0.2, 0.25) is 0 Å². The quantitative estimate of drug-likeness (QED) is 0.461. The number of halogens is 3. The highest BCUT2D eigenvalue weighted by Gasteiger charge is 2.29. The van der Waals surface area contributed by atoms with Crippen LogP contribution in [0.3, 0.4) is 0 Å². The molecule has 3 nitrogen and oxygen atoms in total. The normalized spacial score (nSPS) is 11.7. The molecule has 0 aliphatic carbocycles. The van der Waals surface area contributed by atoms with Gasteiger partial charge in [-0.25, -0.2) is 4.79 Å². The molecule has 0 bridgehead atoms. The topological polar surface area (TPSA) is 46.5 Å². The number of hydrogen-bond acceptors (Lipinski definition) is 3. The number of rotatable bonds is 8. The Balaban J connectivity index is 1.80. The number of carbonyl (C=O) groups is 1. The fraction of sp³-hybridized carbons (Fsp3) is 0.250. The molecule has 0 atom stereocenters. The fourth-order valence-electron chi connectivity index (χ4n) is 2.26. The summed E-state index contributed by atoms with van der Waals surface area (Å²) < 4.78 is 42.7. The summed E-state index contributed by atoms with van der Waals surface area (Å²) >= 11 is 1.64. The summed E-state index contributed by atoms with van der Waals surface area (Å²) in [6, 6.07) is 10.6. The molecule has 2 rings (SSSR count). The first-order chi connectivity index (χ1) is 12.8. The molecule has 1 N–H and O–H groups in total. The van der Waals surface area contributed by atoms with E-state index in [1.165, 1.54) is 12.1 Å². The van der Waals surface area contributed by atoms with Crippen molar-refractivity contribution in [3.05, 3.63) is 65.2 Å². The molecular formula is C20H19F3O3S. The van der Waals surface area contributed by atoms with Crippen molar-refractivity contribution in [1.29, 1.82) is 0 Å². The monoisotopic (exact) mass is 396 g/mol. The fourth-order valence-corrected chi connectivity index (χ4v) is 3.17. The van der Waals surface area contributed by atoms with E-state index in [0.717, 1.165) is 40.3 Å². The van der Waals surface area contributed by atoms with E-state index in [1.807, 2.05) is 25.1 Å². The lowest BCUT2D eigenvalue weighted by Crippen LogP contribution is -2.09. The van der Waals surface area contributed by atoms with Gasteiger partial charge in [-0.15, -0.1) is 11.8 Å². The van der Waals surface area contributed by atoms with Crippen LogP contribution in [-0.4, -0.2) is 23.4 Å². The van der Waals surface area contributed by atoms with Crippen molar-refractivity contribution in [2.75, 3.05) is 12.4 Å². The van der Waals surface area contributed by atoms with Gasteiger partial charge in [-0.2, -0.15) is 13.2 Å². The van der Waals surface area contributed by atoms with Gasteiger partial charge < -0.3 is 9.84 Å². The van der Waals surface area contributed by atoms with Crippen LogP contribution in [0.5, 0.6) is 5.75 Å². The summed E-state index contributed by atoms with van der Waals surface area (Å²) in [7, 11) is 0. The van der Waals surface area contributed by atoms with Crippen LogP contribution in [0.4, 0.5) is 13.2 Å². The Hall–Kier alpha value is -2.41. The zero-order valence-corrected chi connectivity index (χ0v) is 15.4. The minimum absolute atomic E-state index is 0.373. The molecule has 0 fully saturated rings. The van der Waals surface area contributed by atoms with Gasteiger partial charge in [-0.3, -0.25) is 0 Å². The highest BCUT2D eigenvalue weighted by molar-refractivity contribution is 7.99. The average Bonchev–Trinajstić information content (AvgIpc) is 2.60. The molecule has 0 aliphatic rings. The number of alkyl halides is 3. The van der Waals surface area contributed by atoms with Crippen LogP contribution in [0.15, 0.2) is 53.4 Å². The van der Waals surface area contributed by atoms with Gasteiger partial charge >= 0.3 is 12.1 Å². The molecule has 27 heavy (non-hydrogen) atoms. The third kappa shape index (κ3) is 7.02. The van der Waals surface area contributed by atoms with Crippen LogP contribution in [0.2, 0.25) is 0 Å². The molecule has 0 saturated carbocycles. The standard InChI is InChI=1S/C20H19F3O3S/c1-14-12-17(9-10-18(14)26-13-19(24)25)27-11-3-2-4-15-5-7-16(8-6-15)20(21,22)23/h2,4-10,12H,3,11,13H2,1H3,(H,24,25)/b4-2+. The Kier molecular flexibility index (Phi) is 7.36. The van der Waals surface area contributed by atoms with Gasteiger partial charge in [0.15, 0.2) is 6.61 Å². The number of aliphatic carboxylic acids is 1. The first kappa shape index (κ1) is 20.9. The van der Waals surface area contributed by atoms with Gasteiger partial charge in [0.1, 0.15) is 5.75 Å². The Morgan fingerprint density at radius 2 is 1.89 bits per heavy atom. The minimum atomic E-state index is -4.31. The lowest BCUT2D eigenvalue weighted by molar-refractivity contribution is -0.139. The second-order valence-electron chi connectivity index (χ2n) is 5.77. The van der Waals surface area contributed by atoms with Crippen LogP contribution in [0, 0.1) is 6.92 Å². The van der Waals surface area contributed by atoms with Gasteiger partial charge in [0, 0.05) is 10.6 Å². The van der Waals surface area contributed by atoms with Crippen LogP contribution in [0.1, 0.15) is 23.1 Å². The molecule has 2 aromatic carbocycles. The van der Waals surface area contributed by atoms with Crippen molar-refractivity contribution in [3.63, 3.8) is 0 Å². The van der Waals surface area contributed by atoms with E-state index in [-0.39, 0.29) is 6.61 Å². The van der Waals surface area contributed by atoms with Crippen molar-refractivity contribution in [2.45, 2.75) is 24.4 Å². The Morgan fingerprint density at radius 1 is 1.19 bits per heavy atom. The third-order valence-corrected chi connectivity index (χ3v) is 4.63. The van der Waals surface area contributed by atoms with E-state index >= 15 is 0 Å². The van der Waals surface area contributed by atoms with Crippen LogP contribution in [0.25, 0.3) is 6.08 Å². The van der Waals surface area contributed by atoms with Gasteiger partial charge in [-0.1, -0.05) is 24.3 Å².